The van der Waals surface area contributed by atoms with Gasteiger partial charge in [-0.25, -0.2) is 0 Å². The Morgan fingerprint density at radius 1 is 1.04 bits per heavy atom. The number of para-hydroxylation sites is 1. The standard InChI is InChI=1S/C21H25N3O2/c1-15-6-5-7-16(14-15)20(25)23-19-9-4-3-8-18(19)21(26)24-12-10-17(22-2)11-13-24/h3-9,14,17,22H,10-13H2,1-2H3,(H,23,25). The van der Waals surface area contributed by atoms with Gasteiger partial charge in [0.2, 0.25) is 0 Å². The van der Waals surface area contributed by atoms with Crippen molar-refractivity contribution in [1.29, 1.82) is 0 Å². The Kier molecular flexibility index (Phi) is 5.68. The fraction of sp³-hybridized carbons (Fsp3) is 0.333. The zero-order chi connectivity index (χ0) is 18.5. The highest BCUT2D eigenvalue weighted by Gasteiger charge is 2.24. The third kappa shape index (κ3) is 4.11. The Balaban J connectivity index is 1.76. The van der Waals surface area contributed by atoms with Crippen LogP contribution in [0.25, 0.3) is 0 Å². The lowest BCUT2D eigenvalue weighted by atomic mass is 10.0. The monoisotopic (exact) mass is 351 g/mol. The van der Waals surface area contributed by atoms with Crippen molar-refractivity contribution in [1.82, 2.24) is 10.2 Å². The van der Waals surface area contributed by atoms with E-state index in [9.17, 15) is 9.59 Å². The predicted octanol–water partition coefficient (Wildman–Crippen LogP) is 3.07. The Morgan fingerprint density at radius 2 is 1.77 bits per heavy atom. The zero-order valence-corrected chi connectivity index (χ0v) is 15.3. The Morgan fingerprint density at radius 3 is 2.46 bits per heavy atom. The lowest BCUT2D eigenvalue weighted by Gasteiger charge is -2.32. The van der Waals surface area contributed by atoms with E-state index < -0.39 is 0 Å². The SMILES string of the molecule is CNC1CCN(C(=O)c2ccccc2NC(=O)c2cccc(C)c2)CC1. The Bertz CT molecular complexity index is 795. The molecule has 0 aliphatic carbocycles. The van der Waals surface area contributed by atoms with Crippen molar-refractivity contribution >= 4 is 17.5 Å². The van der Waals surface area contributed by atoms with E-state index in [0.29, 0.717) is 22.9 Å². The maximum Gasteiger partial charge on any atom is 0.255 e. The molecule has 2 N–H and O–H groups in total. The van der Waals surface area contributed by atoms with Crippen molar-refractivity contribution in [3.05, 3.63) is 65.2 Å². The van der Waals surface area contributed by atoms with Gasteiger partial charge in [-0.3, -0.25) is 9.59 Å². The van der Waals surface area contributed by atoms with Gasteiger partial charge in [-0.05, 0) is 51.1 Å². The van der Waals surface area contributed by atoms with Gasteiger partial charge in [0.15, 0.2) is 0 Å². The third-order valence-corrected chi connectivity index (χ3v) is 4.88. The smallest absolute Gasteiger partial charge is 0.255 e. The number of hydrogen-bond donors (Lipinski definition) is 2. The van der Waals surface area contributed by atoms with E-state index in [-0.39, 0.29) is 11.8 Å². The van der Waals surface area contributed by atoms with Gasteiger partial charge in [0.05, 0.1) is 11.3 Å². The van der Waals surface area contributed by atoms with Crippen LogP contribution in [0.2, 0.25) is 0 Å². The van der Waals surface area contributed by atoms with Crippen LogP contribution >= 0.6 is 0 Å². The van der Waals surface area contributed by atoms with Gasteiger partial charge >= 0.3 is 0 Å². The van der Waals surface area contributed by atoms with Crippen LogP contribution in [0.1, 0.15) is 39.1 Å². The summed E-state index contributed by atoms with van der Waals surface area (Å²) in [6.07, 6.45) is 1.89. The topological polar surface area (TPSA) is 61.4 Å². The minimum absolute atomic E-state index is 0.0281. The molecular weight excluding hydrogens is 326 g/mol. The van der Waals surface area contributed by atoms with E-state index in [4.69, 9.17) is 0 Å². The molecule has 0 saturated carbocycles. The highest BCUT2D eigenvalue weighted by molar-refractivity contribution is 6.09. The molecule has 1 heterocycles. The van der Waals surface area contributed by atoms with Gasteiger partial charge in [0, 0.05) is 24.7 Å². The molecule has 136 valence electrons. The number of carbonyl (C=O) groups is 2. The first-order chi connectivity index (χ1) is 12.6. The molecule has 2 amide bonds. The molecule has 26 heavy (non-hydrogen) atoms. The first-order valence-electron chi connectivity index (χ1n) is 9.02. The molecule has 0 radical (unpaired) electrons. The number of aryl methyl sites for hydroxylation is 1. The first-order valence-corrected chi connectivity index (χ1v) is 9.02. The van der Waals surface area contributed by atoms with Crippen molar-refractivity contribution in [3.8, 4) is 0 Å². The van der Waals surface area contributed by atoms with E-state index in [1.54, 1.807) is 18.2 Å². The van der Waals surface area contributed by atoms with Gasteiger partial charge in [-0.15, -0.1) is 0 Å². The fourth-order valence-electron chi connectivity index (χ4n) is 3.30. The first kappa shape index (κ1) is 18.1. The molecule has 0 unspecified atom stereocenters. The van der Waals surface area contributed by atoms with Crippen LogP contribution in [0.3, 0.4) is 0 Å². The molecule has 5 heteroatoms. The number of anilines is 1. The molecule has 2 aromatic rings. The predicted molar refractivity (Wildman–Crippen MR) is 104 cm³/mol. The molecule has 2 aromatic carbocycles. The second-order valence-electron chi connectivity index (χ2n) is 6.72. The van der Waals surface area contributed by atoms with E-state index in [0.717, 1.165) is 31.5 Å². The van der Waals surface area contributed by atoms with Gasteiger partial charge in [0.25, 0.3) is 11.8 Å². The number of hydrogen-bond acceptors (Lipinski definition) is 3. The highest BCUT2D eigenvalue weighted by atomic mass is 16.2. The summed E-state index contributed by atoms with van der Waals surface area (Å²) < 4.78 is 0. The maximum atomic E-state index is 12.9. The summed E-state index contributed by atoms with van der Waals surface area (Å²) in [6, 6.07) is 15.1. The van der Waals surface area contributed by atoms with Crippen molar-refractivity contribution in [2.75, 3.05) is 25.5 Å². The molecule has 0 spiro atoms. The number of nitrogens with one attached hydrogen (secondary N) is 2. The van der Waals surface area contributed by atoms with E-state index in [2.05, 4.69) is 10.6 Å². The van der Waals surface area contributed by atoms with Crippen LogP contribution in [-0.2, 0) is 0 Å². The van der Waals surface area contributed by atoms with Crippen LogP contribution in [0, 0.1) is 6.92 Å². The lowest BCUT2D eigenvalue weighted by Crippen LogP contribution is -2.44. The largest absolute Gasteiger partial charge is 0.338 e. The summed E-state index contributed by atoms with van der Waals surface area (Å²) in [5.74, 6) is -0.234. The molecule has 1 saturated heterocycles. The van der Waals surface area contributed by atoms with E-state index >= 15 is 0 Å². The van der Waals surface area contributed by atoms with Crippen LogP contribution in [-0.4, -0.2) is 42.9 Å². The average Bonchev–Trinajstić information content (AvgIpc) is 2.68. The molecule has 0 aromatic heterocycles. The minimum Gasteiger partial charge on any atom is -0.338 e. The van der Waals surface area contributed by atoms with Gasteiger partial charge in [-0.1, -0.05) is 29.8 Å². The zero-order valence-electron chi connectivity index (χ0n) is 15.3. The summed E-state index contributed by atoms with van der Waals surface area (Å²) in [7, 11) is 1.96. The van der Waals surface area contributed by atoms with Crippen molar-refractivity contribution in [2.45, 2.75) is 25.8 Å². The maximum absolute atomic E-state index is 12.9. The molecule has 1 fully saturated rings. The number of amides is 2. The molecule has 1 aliphatic rings. The van der Waals surface area contributed by atoms with Crippen LogP contribution < -0.4 is 10.6 Å². The van der Waals surface area contributed by atoms with Gasteiger partial charge < -0.3 is 15.5 Å². The highest BCUT2D eigenvalue weighted by Crippen LogP contribution is 2.21. The fourth-order valence-corrected chi connectivity index (χ4v) is 3.30. The molecule has 0 atom stereocenters. The van der Waals surface area contributed by atoms with Crippen molar-refractivity contribution < 1.29 is 9.59 Å². The summed E-state index contributed by atoms with van der Waals surface area (Å²) in [4.78, 5) is 27.4. The van der Waals surface area contributed by atoms with Gasteiger partial charge in [0.1, 0.15) is 0 Å². The molecule has 5 nitrogen and oxygen atoms in total. The number of likely N-dealkylation sites (tertiary alicyclic amines) is 1. The van der Waals surface area contributed by atoms with Crippen LogP contribution in [0.4, 0.5) is 5.69 Å². The molecular formula is C21H25N3O2. The minimum atomic E-state index is -0.206. The molecule has 3 rings (SSSR count). The quantitative estimate of drug-likeness (QED) is 0.890. The molecule has 0 bridgehead atoms. The second-order valence-corrected chi connectivity index (χ2v) is 6.72. The van der Waals surface area contributed by atoms with Crippen molar-refractivity contribution in [3.63, 3.8) is 0 Å². The third-order valence-electron chi connectivity index (χ3n) is 4.88. The van der Waals surface area contributed by atoms with Crippen molar-refractivity contribution in [2.24, 2.45) is 0 Å². The Labute approximate surface area is 154 Å². The molecule has 1 aliphatic heterocycles. The summed E-state index contributed by atoms with van der Waals surface area (Å²) >= 11 is 0. The summed E-state index contributed by atoms with van der Waals surface area (Å²) in [6.45, 7) is 3.40. The number of piperidine rings is 1. The number of carbonyl (C=O) groups excluding carboxylic acids is 2. The Hall–Kier alpha value is -2.66. The van der Waals surface area contributed by atoms with E-state index in [1.807, 2.05) is 49.2 Å². The van der Waals surface area contributed by atoms with Gasteiger partial charge in [-0.2, -0.15) is 0 Å². The number of nitrogens with zero attached hydrogens (tertiary/aromatic N) is 1. The van der Waals surface area contributed by atoms with Crippen LogP contribution in [0.5, 0.6) is 0 Å². The summed E-state index contributed by atoms with van der Waals surface area (Å²) in [5.41, 5.74) is 2.70. The number of rotatable bonds is 4. The number of benzene rings is 2. The lowest BCUT2D eigenvalue weighted by molar-refractivity contribution is 0.0708. The van der Waals surface area contributed by atoms with E-state index in [1.165, 1.54) is 0 Å². The average molecular weight is 351 g/mol. The second kappa shape index (κ2) is 8.15. The van der Waals surface area contributed by atoms with Crippen LogP contribution in [0.15, 0.2) is 48.5 Å². The summed E-state index contributed by atoms with van der Waals surface area (Å²) in [5, 5.41) is 6.16. The normalized spacial score (nSPS) is 14.9.